The standard InChI is InChI=1S/C12H18N6O2S/c1-3-21(19,20)17-6-4-16(5-7-17)11-8-12-15-14-10(2)18(12)13-9-11/h8-9H,3-7H2,1-2H3. The zero-order chi connectivity index (χ0) is 15.0. The van der Waals surface area contributed by atoms with Gasteiger partial charge in [0.15, 0.2) is 11.5 Å². The molecule has 0 unspecified atom stereocenters. The second-order valence-corrected chi connectivity index (χ2v) is 7.28. The average Bonchev–Trinajstić information content (AvgIpc) is 2.88. The number of rotatable bonds is 3. The van der Waals surface area contributed by atoms with Crippen LogP contribution in [-0.4, -0.2) is 64.5 Å². The van der Waals surface area contributed by atoms with Crippen molar-refractivity contribution in [3.63, 3.8) is 0 Å². The Morgan fingerprint density at radius 2 is 1.90 bits per heavy atom. The van der Waals surface area contributed by atoms with Crippen LogP contribution in [-0.2, 0) is 10.0 Å². The van der Waals surface area contributed by atoms with Gasteiger partial charge in [0.25, 0.3) is 0 Å². The van der Waals surface area contributed by atoms with Crippen molar-refractivity contribution in [2.24, 2.45) is 0 Å². The van der Waals surface area contributed by atoms with Crippen molar-refractivity contribution in [1.82, 2.24) is 24.1 Å². The maximum absolute atomic E-state index is 11.8. The lowest BCUT2D eigenvalue weighted by Crippen LogP contribution is -2.49. The molecule has 21 heavy (non-hydrogen) atoms. The maximum Gasteiger partial charge on any atom is 0.213 e. The Balaban J connectivity index is 1.76. The lowest BCUT2D eigenvalue weighted by Gasteiger charge is -2.34. The fourth-order valence-electron chi connectivity index (χ4n) is 2.47. The zero-order valence-corrected chi connectivity index (χ0v) is 12.9. The molecule has 1 fully saturated rings. The van der Waals surface area contributed by atoms with Crippen LogP contribution in [0.15, 0.2) is 12.3 Å². The zero-order valence-electron chi connectivity index (χ0n) is 12.1. The topological polar surface area (TPSA) is 83.7 Å². The molecule has 8 nitrogen and oxygen atoms in total. The van der Waals surface area contributed by atoms with Gasteiger partial charge in [0, 0.05) is 32.2 Å². The first-order chi connectivity index (χ1) is 10.0. The Labute approximate surface area is 123 Å². The largest absolute Gasteiger partial charge is 0.367 e. The number of hydrogen-bond donors (Lipinski definition) is 0. The van der Waals surface area contributed by atoms with E-state index in [0.29, 0.717) is 31.8 Å². The summed E-state index contributed by atoms with van der Waals surface area (Å²) < 4.78 is 26.9. The van der Waals surface area contributed by atoms with Gasteiger partial charge in [0.1, 0.15) is 0 Å². The summed E-state index contributed by atoms with van der Waals surface area (Å²) in [6.07, 6.45) is 1.77. The van der Waals surface area contributed by atoms with Crippen LogP contribution in [0, 0.1) is 6.92 Å². The third-order valence-electron chi connectivity index (χ3n) is 3.77. The molecule has 0 aromatic carbocycles. The minimum Gasteiger partial charge on any atom is -0.367 e. The van der Waals surface area contributed by atoms with Gasteiger partial charge in [0.05, 0.1) is 17.6 Å². The fraction of sp³-hybridized carbons (Fsp3) is 0.583. The van der Waals surface area contributed by atoms with Gasteiger partial charge in [0.2, 0.25) is 10.0 Å². The summed E-state index contributed by atoms with van der Waals surface area (Å²) in [6.45, 7) is 5.85. The van der Waals surface area contributed by atoms with Crippen LogP contribution in [0.3, 0.4) is 0 Å². The number of aryl methyl sites for hydroxylation is 1. The van der Waals surface area contributed by atoms with Crippen LogP contribution < -0.4 is 4.90 Å². The van der Waals surface area contributed by atoms with Crippen molar-refractivity contribution < 1.29 is 8.42 Å². The molecule has 9 heteroatoms. The Morgan fingerprint density at radius 3 is 2.57 bits per heavy atom. The van der Waals surface area contributed by atoms with Crippen LogP contribution in [0.5, 0.6) is 0 Å². The molecule has 0 aliphatic carbocycles. The molecule has 0 atom stereocenters. The molecular weight excluding hydrogens is 292 g/mol. The van der Waals surface area contributed by atoms with E-state index < -0.39 is 10.0 Å². The summed E-state index contributed by atoms with van der Waals surface area (Å²) >= 11 is 0. The maximum atomic E-state index is 11.8. The predicted octanol–water partition coefficient (Wildman–Crippen LogP) is -0.0956. The van der Waals surface area contributed by atoms with E-state index in [1.807, 2.05) is 13.0 Å². The van der Waals surface area contributed by atoms with Gasteiger partial charge in [-0.25, -0.2) is 8.42 Å². The van der Waals surface area contributed by atoms with E-state index in [9.17, 15) is 8.42 Å². The monoisotopic (exact) mass is 310 g/mol. The molecule has 1 saturated heterocycles. The molecule has 1 aliphatic heterocycles. The second kappa shape index (κ2) is 5.23. The van der Waals surface area contributed by atoms with Gasteiger partial charge in [-0.15, -0.1) is 10.2 Å². The molecule has 0 spiro atoms. The highest BCUT2D eigenvalue weighted by molar-refractivity contribution is 7.89. The second-order valence-electron chi connectivity index (χ2n) is 5.02. The number of fused-ring (bicyclic) bond motifs is 1. The molecule has 3 rings (SSSR count). The van der Waals surface area contributed by atoms with E-state index in [2.05, 4.69) is 20.2 Å². The van der Waals surface area contributed by atoms with Crippen LogP contribution in [0.2, 0.25) is 0 Å². The minimum absolute atomic E-state index is 0.152. The van der Waals surface area contributed by atoms with Crippen molar-refractivity contribution >= 4 is 21.4 Å². The highest BCUT2D eigenvalue weighted by Crippen LogP contribution is 2.18. The summed E-state index contributed by atoms with van der Waals surface area (Å²) in [6, 6.07) is 1.93. The van der Waals surface area contributed by atoms with E-state index in [0.717, 1.165) is 11.5 Å². The van der Waals surface area contributed by atoms with E-state index in [1.54, 1.807) is 21.9 Å². The van der Waals surface area contributed by atoms with Crippen molar-refractivity contribution in [3.05, 3.63) is 18.1 Å². The number of sulfonamides is 1. The summed E-state index contributed by atoms with van der Waals surface area (Å²) in [5.41, 5.74) is 1.65. The summed E-state index contributed by atoms with van der Waals surface area (Å²) in [5, 5.41) is 12.4. The first kappa shape index (κ1) is 14.2. The molecule has 0 N–H and O–H groups in total. The Bertz CT molecular complexity index is 748. The molecule has 0 bridgehead atoms. The van der Waals surface area contributed by atoms with Crippen molar-refractivity contribution in [2.75, 3.05) is 36.8 Å². The van der Waals surface area contributed by atoms with E-state index in [4.69, 9.17) is 0 Å². The van der Waals surface area contributed by atoms with E-state index in [1.165, 1.54) is 0 Å². The van der Waals surface area contributed by atoms with Gasteiger partial charge in [-0.1, -0.05) is 0 Å². The summed E-state index contributed by atoms with van der Waals surface area (Å²) in [7, 11) is -3.09. The van der Waals surface area contributed by atoms with Gasteiger partial charge >= 0.3 is 0 Å². The Kier molecular flexibility index (Phi) is 3.54. The third kappa shape index (κ3) is 2.58. The first-order valence-corrected chi connectivity index (χ1v) is 8.53. The number of aromatic nitrogens is 4. The highest BCUT2D eigenvalue weighted by Gasteiger charge is 2.25. The molecular formula is C12H18N6O2S. The van der Waals surface area contributed by atoms with Crippen LogP contribution in [0.25, 0.3) is 5.65 Å². The molecule has 114 valence electrons. The van der Waals surface area contributed by atoms with Gasteiger partial charge < -0.3 is 4.90 Å². The fourth-order valence-corrected chi connectivity index (χ4v) is 3.56. The van der Waals surface area contributed by atoms with Gasteiger partial charge in [-0.3, -0.25) is 0 Å². The van der Waals surface area contributed by atoms with E-state index in [-0.39, 0.29) is 5.75 Å². The summed E-state index contributed by atoms with van der Waals surface area (Å²) in [4.78, 5) is 2.12. The van der Waals surface area contributed by atoms with Gasteiger partial charge in [-0.2, -0.15) is 13.9 Å². The lowest BCUT2D eigenvalue weighted by molar-refractivity contribution is 0.385. The lowest BCUT2D eigenvalue weighted by atomic mass is 10.3. The molecule has 0 saturated carbocycles. The van der Waals surface area contributed by atoms with Crippen LogP contribution in [0.1, 0.15) is 12.7 Å². The molecule has 2 aromatic rings. The molecule has 0 amide bonds. The molecule has 3 heterocycles. The third-order valence-corrected chi connectivity index (χ3v) is 5.65. The number of anilines is 1. The SMILES string of the molecule is CCS(=O)(=O)N1CCN(c2cnn3c(C)nnc3c2)CC1. The van der Waals surface area contributed by atoms with Crippen molar-refractivity contribution in [1.29, 1.82) is 0 Å². The van der Waals surface area contributed by atoms with Crippen LogP contribution >= 0.6 is 0 Å². The average molecular weight is 310 g/mol. The highest BCUT2D eigenvalue weighted by atomic mass is 32.2. The normalized spacial score (nSPS) is 17.5. The summed E-state index contributed by atoms with van der Waals surface area (Å²) in [5.74, 6) is 0.898. The Morgan fingerprint density at radius 1 is 1.19 bits per heavy atom. The van der Waals surface area contributed by atoms with Crippen molar-refractivity contribution in [2.45, 2.75) is 13.8 Å². The minimum atomic E-state index is -3.09. The van der Waals surface area contributed by atoms with Crippen LogP contribution in [0.4, 0.5) is 5.69 Å². The van der Waals surface area contributed by atoms with Crippen molar-refractivity contribution in [3.8, 4) is 0 Å². The molecule has 0 radical (unpaired) electrons. The molecule has 1 aliphatic rings. The van der Waals surface area contributed by atoms with Gasteiger partial charge in [-0.05, 0) is 13.8 Å². The number of hydrogen-bond acceptors (Lipinski definition) is 6. The first-order valence-electron chi connectivity index (χ1n) is 6.92. The predicted molar refractivity (Wildman–Crippen MR) is 78.8 cm³/mol. The number of piperazine rings is 1. The number of nitrogens with zero attached hydrogens (tertiary/aromatic N) is 6. The smallest absolute Gasteiger partial charge is 0.213 e. The Hall–Kier alpha value is -1.74. The van der Waals surface area contributed by atoms with E-state index >= 15 is 0 Å². The quantitative estimate of drug-likeness (QED) is 0.787. The molecule has 2 aromatic heterocycles.